The quantitative estimate of drug-likeness (QED) is 0.859. The summed E-state index contributed by atoms with van der Waals surface area (Å²) in [5.41, 5.74) is 4.18. The Labute approximate surface area is 130 Å². The Morgan fingerprint density at radius 3 is 2.68 bits per heavy atom. The van der Waals surface area contributed by atoms with Gasteiger partial charge in [-0.05, 0) is 31.5 Å². The first-order valence-electron chi connectivity index (χ1n) is 6.97. The van der Waals surface area contributed by atoms with Crippen LogP contribution in [0, 0.1) is 13.8 Å². The van der Waals surface area contributed by atoms with E-state index in [-0.39, 0.29) is 5.97 Å². The normalized spacial score (nSPS) is 10.4. The minimum Gasteiger partial charge on any atom is -0.481 e. The van der Waals surface area contributed by atoms with Crippen molar-refractivity contribution in [2.24, 2.45) is 7.05 Å². The molecular weight excluding hydrogens is 282 g/mol. The second kappa shape index (κ2) is 6.51. The van der Waals surface area contributed by atoms with Crippen LogP contribution in [0.4, 0.5) is 5.69 Å². The highest BCUT2D eigenvalue weighted by Crippen LogP contribution is 2.23. The van der Waals surface area contributed by atoms with Gasteiger partial charge in [-0.25, -0.2) is 9.48 Å². The molecule has 0 aliphatic carbocycles. The molecule has 1 N–H and O–H groups in total. The van der Waals surface area contributed by atoms with Gasteiger partial charge in [0.2, 0.25) is 5.88 Å². The molecule has 0 fully saturated rings. The molecule has 1 aromatic carbocycles. The minimum atomic E-state index is -0.337. The van der Waals surface area contributed by atoms with Crippen molar-refractivity contribution < 1.29 is 14.3 Å². The summed E-state index contributed by atoms with van der Waals surface area (Å²) in [6, 6.07) is 5.61. The molecule has 22 heavy (non-hydrogen) atoms. The lowest BCUT2D eigenvalue weighted by atomic mass is 10.1. The molecule has 0 amide bonds. The number of carbonyl (C=O) groups excluding carboxylic acids is 1. The molecule has 1 heterocycles. The number of hydrogen-bond acceptors (Lipinski definition) is 5. The number of methoxy groups -OCH3 is 2. The number of rotatable bonds is 5. The molecule has 2 aromatic rings. The zero-order chi connectivity index (χ0) is 16.3. The maximum atomic E-state index is 11.7. The average molecular weight is 303 g/mol. The molecule has 0 saturated carbocycles. The van der Waals surface area contributed by atoms with Crippen LogP contribution in [0.2, 0.25) is 0 Å². The van der Waals surface area contributed by atoms with Gasteiger partial charge in [-0.2, -0.15) is 5.10 Å². The Kier molecular flexibility index (Phi) is 4.70. The first-order chi connectivity index (χ1) is 10.5. The van der Waals surface area contributed by atoms with E-state index >= 15 is 0 Å². The molecule has 0 bridgehead atoms. The third kappa shape index (κ3) is 3.05. The maximum Gasteiger partial charge on any atom is 0.338 e. The zero-order valence-electron chi connectivity index (χ0n) is 13.6. The predicted octanol–water partition coefficient (Wildman–Crippen LogP) is 2.44. The van der Waals surface area contributed by atoms with Crippen molar-refractivity contribution in [2.45, 2.75) is 20.4 Å². The molecule has 0 atom stereocenters. The second-order valence-electron chi connectivity index (χ2n) is 5.07. The fraction of sp³-hybridized carbons (Fsp3) is 0.375. The highest BCUT2D eigenvalue weighted by molar-refractivity contribution is 5.92. The summed E-state index contributed by atoms with van der Waals surface area (Å²) in [5.74, 6) is 0.390. The Balaban J connectivity index is 2.21. The van der Waals surface area contributed by atoms with Crippen molar-refractivity contribution in [1.82, 2.24) is 9.78 Å². The van der Waals surface area contributed by atoms with Gasteiger partial charge in [0.05, 0.1) is 31.0 Å². The molecule has 0 aliphatic heterocycles. The largest absolute Gasteiger partial charge is 0.481 e. The summed E-state index contributed by atoms with van der Waals surface area (Å²) in [6.45, 7) is 4.38. The van der Waals surface area contributed by atoms with E-state index in [1.165, 1.54) is 7.11 Å². The van der Waals surface area contributed by atoms with E-state index in [1.54, 1.807) is 17.9 Å². The maximum absolute atomic E-state index is 11.7. The molecule has 0 saturated heterocycles. The highest BCUT2D eigenvalue weighted by atomic mass is 16.5. The Hall–Kier alpha value is -2.50. The van der Waals surface area contributed by atoms with Crippen molar-refractivity contribution >= 4 is 11.7 Å². The van der Waals surface area contributed by atoms with Gasteiger partial charge in [-0.3, -0.25) is 0 Å². The topological polar surface area (TPSA) is 65.4 Å². The molecule has 6 heteroatoms. The van der Waals surface area contributed by atoms with Crippen molar-refractivity contribution in [3.05, 3.63) is 40.6 Å². The van der Waals surface area contributed by atoms with E-state index in [1.807, 2.05) is 33.0 Å². The number of hydrogen-bond donors (Lipinski definition) is 1. The molecule has 0 spiro atoms. The van der Waals surface area contributed by atoms with Gasteiger partial charge in [-0.15, -0.1) is 0 Å². The van der Waals surface area contributed by atoms with Crippen molar-refractivity contribution in [3.63, 3.8) is 0 Å². The van der Waals surface area contributed by atoms with Crippen molar-refractivity contribution in [2.75, 3.05) is 19.5 Å². The van der Waals surface area contributed by atoms with E-state index in [2.05, 4.69) is 10.4 Å². The summed E-state index contributed by atoms with van der Waals surface area (Å²) in [5, 5.41) is 7.64. The van der Waals surface area contributed by atoms with E-state index in [0.29, 0.717) is 12.1 Å². The van der Waals surface area contributed by atoms with E-state index in [4.69, 9.17) is 9.47 Å². The summed E-state index contributed by atoms with van der Waals surface area (Å²) >= 11 is 0. The highest BCUT2D eigenvalue weighted by Gasteiger charge is 2.14. The van der Waals surface area contributed by atoms with Gasteiger partial charge in [0, 0.05) is 19.3 Å². The van der Waals surface area contributed by atoms with E-state index in [9.17, 15) is 4.79 Å². The number of ether oxygens (including phenoxy) is 2. The lowest BCUT2D eigenvalue weighted by molar-refractivity contribution is 0.0600. The molecule has 2 rings (SSSR count). The van der Waals surface area contributed by atoms with Gasteiger partial charge in [0.25, 0.3) is 0 Å². The summed E-state index contributed by atoms with van der Waals surface area (Å²) in [6.07, 6.45) is 0. The number of nitrogens with zero attached hydrogens (tertiary/aromatic N) is 2. The number of aromatic nitrogens is 2. The zero-order valence-corrected chi connectivity index (χ0v) is 13.6. The average Bonchev–Trinajstić information content (AvgIpc) is 2.78. The fourth-order valence-electron chi connectivity index (χ4n) is 2.39. The van der Waals surface area contributed by atoms with Crippen LogP contribution < -0.4 is 10.1 Å². The summed E-state index contributed by atoms with van der Waals surface area (Å²) < 4.78 is 11.9. The number of aryl methyl sites for hydroxylation is 3. The Morgan fingerprint density at radius 1 is 1.32 bits per heavy atom. The first-order valence-corrected chi connectivity index (χ1v) is 6.97. The van der Waals surface area contributed by atoms with Gasteiger partial charge in [0.15, 0.2) is 0 Å². The van der Waals surface area contributed by atoms with Crippen molar-refractivity contribution in [1.29, 1.82) is 0 Å². The number of nitrogens with one attached hydrogen (secondary N) is 1. The standard InChI is InChI=1S/C16H21N3O3/c1-10-6-7-12(8-13(10)16(20)22-5)17-9-14-11(2)18-19(3)15(14)21-4/h6-8,17H,9H2,1-5H3. The lowest BCUT2D eigenvalue weighted by Gasteiger charge is -2.10. The van der Waals surface area contributed by atoms with Crippen LogP contribution in [0.25, 0.3) is 0 Å². The number of benzene rings is 1. The predicted molar refractivity (Wildman–Crippen MR) is 84.3 cm³/mol. The van der Waals surface area contributed by atoms with E-state index in [0.717, 1.165) is 28.4 Å². The van der Waals surface area contributed by atoms with Crippen LogP contribution in [0.3, 0.4) is 0 Å². The van der Waals surface area contributed by atoms with Crippen LogP contribution in [-0.2, 0) is 18.3 Å². The molecule has 6 nitrogen and oxygen atoms in total. The van der Waals surface area contributed by atoms with Crippen molar-refractivity contribution in [3.8, 4) is 5.88 Å². The molecule has 118 valence electrons. The molecule has 0 radical (unpaired) electrons. The van der Waals surface area contributed by atoms with E-state index < -0.39 is 0 Å². The van der Waals surface area contributed by atoms with Crippen LogP contribution >= 0.6 is 0 Å². The summed E-state index contributed by atoms with van der Waals surface area (Å²) in [4.78, 5) is 11.7. The van der Waals surface area contributed by atoms with Crippen LogP contribution in [0.1, 0.15) is 27.2 Å². The monoisotopic (exact) mass is 303 g/mol. The number of carbonyl (C=O) groups is 1. The second-order valence-corrected chi connectivity index (χ2v) is 5.07. The van der Waals surface area contributed by atoms with Gasteiger partial charge < -0.3 is 14.8 Å². The lowest BCUT2D eigenvalue weighted by Crippen LogP contribution is -2.07. The first kappa shape index (κ1) is 15.9. The van der Waals surface area contributed by atoms with Gasteiger partial charge >= 0.3 is 5.97 Å². The third-order valence-electron chi connectivity index (χ3n) is 3.59. The van der Waals surface area contributed by atoms with Crippen LogP contribution in [0.5, 0.6) is 5.88 Å². The molecule has 0 aliphatic rings. The molecule has 1 aromatic heterocycles. The number of esters is 1. The molecular formula is C16H21N3O3. The number of anilines is 1. The third-order valence-corrected chi connectivity index (χ3v) is 3.59. The summed E-state index contributed by atoms with van der Waals surface area (Å²) in [7, 11) is 4.85. The SMILES string of the molecule is COC(=O)c1cc(NCc2c(C)nn(C)c2OC)ccc1C. The minimum absolute atomic E-state index is 0.337. The smallest absolute Gasteiger partial charge is 0.338 e. The van der Waals surface area contributed by atoms with Gasteiger partial charge in [-0.1, -0.05) is 6.07 Å². The van der Waals surface area contributed by atoms with Crippen LogP contribution in [0.15, 0.2) is 18.2 Å². The van der Waals surface area contributed by atoms with Crippen LogP contribution in [-0.4, -0.2) is 30.0 Å². The Bertz CT molecular complexity index is 692. The fourth-order valence-corrected chi connectivity index (χ4v) is 2.39. The Morgan fingerprint density at radius 2 is 2.05 bits per heavy atom. The molecule has 0 unspecified atom stereocenters. The van der Waals surface area contributed by atoms with Gasteiger partial charge in [0.1, 0.15) is 0 Å².